The van der Waals surface area contributed by atoms with Gasteiger partial charge >= 0.3 is 0 Å². The number of anilines is 1. The van der Waals surface area contributed by atoms with Crippen LogP contribution in [0, 0.1) is 0 Å². The first-order valence-electron chi connectivity index (χ1n) is 11.2. The molecule has 1 aliphatic heterocycles. The summed E-state index contributed by atoms with van der Waals surface area (Å²) in [7, 11) is -3.38. The van der Waals surface area contributed by atoms with Crippen molar-refractivity contribution in [3.8, 4) is 22.9 Å². The van der Waals surface area contributed by atoms with Crippen molar-refractivity contribution in [1.29, 1.82) is 0 Å². The number of nitrogens with zero attached hydrogens (tertiary/aromatic N) is 3. The molecule has 0 radical (unpaired) electrons. The predicted octanol–water partition coefficient (Wildman–Crippen LogP) is 3.10. The normalized spacial score (nSPS) is 12.5. The summed E-state index contributed by atoms with van der Waals surface area (Å²) < 4.78 is 43.5. The highest BCUT2D eigenvalue weighted by molar-refractivity contribution is 7.99. The smallest absolute Gasteiger partial charge is 0.231 e. The van der Waals surface area contributed by atoms with E-state index in [-0.39, 0.29) is 18.5 Å². The van der Waals surface area contributed by atoms with Crippen molar-refractivity contribution in [3.05, 3.63) is 72.2 Å². The third kappa shape index (κ3) is 6.24. The maximum absolute atomic E-state index is 12.6. The Labute approximate surface area is 217 Å². The third-order valence-electron chi connectivity index (χ3n) is 5.32. The molecule has 0 spiro atoms. The largest absolute Gasteiger partial charge is 0.467 e. The lowest BCUT2D eigenvalue weighted by Gasteiger charge is -2.10. The van der Waals surface area contributed by atoms with Gasteiger partial charge in [0.15, 0.2) is 22.5 Å². The maximum Gasteiger partial charge on any atom is 0.231 e. The van der Waals surface area contributed by atoms with E-state index in [1.807, 2.05) is 28.8 Å². The molecule has 0 bridgehead atoms. The zero-order chi connectivity index (χ0) is 25.8. The number of fused-ring (bicyclic) bond motifs is 1. The van der Waals surface area contributed by atoms with Crippen molar-refractivity contribution in [1.82, 2.24) is 20.1 Å². The third-order valence-corrected chi connectivity index (χ3v) is 6.89. The van der Waals surface area contributed by atoms with Crippen molar-refractivity contribution in [2.75, 3.05) is 23.5 Å². The van der Waals surface area contributed by atoms with E-state index in [1.165, 1.54) is 11.8 Å². The van der Waals surface area contributed by atoms with Crippen LogP contribution in [0.25, 0.3) is 11.4 Å². The van der Waals surface area contributed by atoms with E-state index >= 15 is 0 Å². The molecule has 0 saturated carbocycles. The summed E-state index contributed by atoms with van der Waals surface area (Å²) in [6, 6.07) is 16.0. The van der Waals surface area contributed by atoms with E-state index < -0.39 is 10.0 Å². The molecule has 1 amide bonds. The number of aromatic nitrogens is 3. The summed E-state index contributed by atoms with van der Waals surface area (Å²) in [5.74, 6) is 2.60. The molecule has 0 fully saturated rings. The summed E-state index contributed by atoms with van der Waals surface area (Å²) in [5.41, 5.74) is 2.08. The van der Waals surface area contributed by atoms with E-state index in [9.17, 15) is 13.2 Å². The van der Waals surface area contributed by atoms with Gasteiger partial charge in [-0.25, -0.2) is 8.42 Å². The Morgan fingerprint density at radius 2 is 1.89 bits per heavy atom. The summed E-state index contributed by atoms with van der Waals surface area (Å²) in [4.78, 5) is 12.6. The number of thioether (sulfide) groups is 1. The zero-order valence-corrected chi connectivity index (χ0v) is 21.3. The van der Waals surface area contributed by atoms with Crippen molar-refractivity contribution in [2.45, 2.75) is 18.2 Å². The van der Waals surface area contributed by atoms with Gasteiger partial charge in [0.05, 0.1) is 24.8 Å². The number of carbonyl (C=O) groups is 1. The highest BCUT2D eigenvalue weighted by Crippen LogP contribution is 2.32. The number of benzene rings is 2. The summed E-state index contributed by atoms with van der Waals surface area (Å²) in [6.07, 6.45) is 2.68. The minimum Gasteiger partial charge on any atom is -0.467 e. The second-order valence-electron chi connectivity index (χ2n) is 8.18. The Hall–Kier alpha value is -3.97. The second kappa shape index (κ2) is 10.6. The number of hydrogen-bond donors (Lipinski definition) is 2. The number of carbonyl (C=O) groups excluding carboxylic acids is 1. The number of furan rings is 1. The Balaban J connectivity index is 1.27. The van der Waals surface area contributed by atoms with Gasteiger partial charge in [0.25, 0.3) is 0 Å². The van der Waals surface area contributed by atoms with E-state index in [0.29, 0.717) is 47.0 Å². The van der Waals surface area contributed by atoms with E-state index in [0.717, 1.165) is 17.4 Å². The van der Waals surface area contributed by atoms with Crippen molar-refractivity contribution in [2.24, 2.45) is 0 Å². The molecular formula is C24H23N5O6S2. The lowest BCUT2D eigenvalue weighted by Crippen LogP contribution is -2.24. The van der Waals surface area contributed by atoms with Gasteiger partial charge in [-0.3, -0.25) is 14.1 Å². The molecule has 37 heavy (non-hydrogen) atoms. The lowest BCUT2D eigenvalue weighted by atomic mass is 10.2. The van der Waals surface area contributed by atoms with Gasteiger partial charge in [0, 0.05) is 17.8 Å². The molecule has 13 heteroatoms. The van der Waals surface area contributed by atoms with Crippen LogP contribution in [-0.4, -0.2) is 47.9 Å². The standard InChI is InChI=1S/C24H23N5O6S2/c1-37(31,32)28-18-7-5-17(6-8-18)23-26-27-24(29(23)13-19-3-2-10-33-19)36-14-22(30)25-12-16-4-9-20-21(11-16)35-15-34-20/h2-11,28H,12-15H2,1H3,(H,25,30). The molecule has 1 aliphatic rings. The van der Waals surface area contributed by atoms with E-state index in [1.54, 1.807) is 36.6 Å². The average molecular weight is 542 g/mol. The maximum atomic E-state index is 12.6. The van der Waals surface area contributed by atoms with Crippen LogP contribution < -0.4 is 19.5 Å². The Morgan fingerprint density at radius 3 is 2.65 bits per heavy atom. The number of amides is 1. The van der Waals surface area contributed by atoms with Crippen LogP contribution in [0.5, 0.6) is 11.5 Å². The van der Waals surface area contributed by atoms with Gasteiger partial charge in [-0.15, -0.1) is 10.2 Å². The Kier molecular flexibility index (Phi) is 7.06. The minimum atomic E-state index is -3.38. The number of nitrogens with one attached hydrogen (secondary N) is 2. The Bertz CT molecular complexity index is 1500. The van der Waals surface area contributed by atoms with Gasteiger partial charge in [-0.05, 0) is 54.1 Å². The minimum absolute atomic E-state index is 0.137. The predicted molar refractivity (Wildman–Crippen MR) is 137 cm³/mol. The van der Waals surface area contributed by atoms with Crippen LogP contribution in [0.1, 0.15) is 11.3 Å². The first-order valence-corrected chi connectivity index (χ1v) is 14.0. The fourth-order valence-corrected chi connectivity index (χ4v) is 4.98. The average Bonchev–Trinajstić information content (AvgIpc) is 3.63. The van der Waals surface area contributed by atoms with Gasteiger partial charge in [0.2, 0.25) is 22.7 Å². The second-order valence-corrected chi connectivity index (χ2v) is 10.9. The highest BCUT2D eigenvalue weighted by atomic mass is 32.2. The highest BCUT2D eigenvalue weighted by Gasteiger charge is 2.18. The number of ether oxygens (including phenoxy) is 2. The summed E-state index contributed by atoms with van der Waals surface area (Å²) in [6.45, 7) is 0.915. The molecule has 2 N–H and O–H groups in total. The molecule has 4 aromatic rings. The molecule has 11 nitrogen and oxygen atoms in total. The molecule has 0 unspecified atom stereocenters. The zero-order valence-electron chi connectivity index (χ0n) is 19.7. The van der Waals surface area contributed by atoms with Crippen LogP contribution in [0.4, 0.5) is 5.69 Å². The summed E-state index contributed by atoms with van der Waals surface area (Å²) >= 11 is 1.26. The Morgan fingerprint density at radius 1 is 1.08 bits per heavy atom. The van der Waals surface area contributed by atoms with Gasteiger partial charge in [0.1, 0.15) is 5.76 Å². The summed E-state index contributed by atoms with van der Waals surface area (Å²) in [5, 5.41) is 12.1. The molecule has 0 saturated heterocycles. The molecule has 2 aromatic carbocycles. The lowest BCUT2D eigenvalue weighted by molar-refractivity contribution is -0.118. The number of rotatable bonds is 10. The van der Waals surface area contributed by atoms with Gasteiger partial charge in [-0.2, -0.15) is 0 Å². The SMILES string of the molecule is CS(=O)(=O)Nc1ccc(-c2nnc(SCC(=O)NCc3ccc4c(c3)OCO4)n2Cc2ccco2)cc1. The van der Waals surface area contributed by atoms with Crippen LogP contribution in [-0.2, 0) is 27.9 Å². The van der Waals surface area contributed by atoms with E-state index in [4.69, 9.17) is 13.9 Å². The van der Waals surface area contributed by atoms with Crippen LogP contribution in [0.3, 0.4) is 0 Å². The van der Waals surface area contributed by atoms with Crippen LogP contribution in [0.15, 0.2) is 70.4 Å². The monoisotopic (exact) mass is 541 g/mol. The van der Waals surface area contributed by atoms with Crippen LogP contribution >= 0.6 is 11.8 Å². The van der Waals surface area contributed by atoms with Crippen molar-refractivity contribution < 1.29 is 27.1 Å². The fraction of sp³-hybridized carbons (Fsp3) is 0.208. The van der Waals surface area contributed by atoms with Gasteiger partial charge < -0.3 is 19.2 Å². The fourth-order valence-electron chi connectivity index (χ4n) is 3.64. The first kappa shape index (κ1) is 24.7. The number of sulfonamides is 1. The molecule has 2 aromatic heterocycles. The quantitative estimate of drug-likeness (QED) is 0.290. The number of hydrogen-bond acceptors (Lipinski definition) is 9. The molecule has 3 heterocycles. The molecule has 0 atom stereocenters. The molecule has 5 rings (SSSR count). The van der Waals surface area contributed by atoms with E-state index in [2.05, 4.69) is 20.2 Å². The molecule has 192 valence electrons. The first-order chi connectivity index (χ1) is 17.8. The molecular weight excluding hydrogens is 518 g/mol. The van der Waals surface area contributed by atoms with Crippen molar-refractivity contribution >= 4 is 33.4 Å². The molecule has 0 aliphatic carbocycles. The van der Waals surface area contributed by atoms with Crippen molar-refractivity contribution in [3.63, 3.8) is 0 Å². The van der Waals surface area contributed by atoms with Gasteiger partial charge in [-0.1, -0.05) is 17.8 Å². The topological polar surface area (TPSA) is 138 Å². The van der Waals surface area contributed by atoms with Crippen LogP contribution in [0.2, 0.25) is 0 Å².